The third-order valence-corrected chi connectivity index (χ3v) is 13.3. The predicted molar refractivity (Wildman–Crippen MR) is 282 cm³/mol. The number of pyridine rings is 1. The lowest BCUT2D eigenvalue weighted by atomic mass is 9.83. The number of benzene rings is 1. The van der Waals surface area contributed by atoms with Crippen LogP contribution in [0.15, 0.2) is 126 Å². The Hall–Kier alpha value is -5.82. The molecule has 6 rings (SSSR count). The molecule has 4 heterocycles. The smallest absolute Gasteiger partial charge is 0.272 e. The molecule has 2 aromatic rings. The van der Waals surface area contributed by atoms with E-state index in [9.17, 15) is 19.5 Å². The average Bonchev–Trinajstić information content (AvgIpc) is 3.68. The van der Waals surface area contributed by atoms with E-state index in [0.29, 0.717) is 55.0 Å². The Bertz CT molecular complexity index is 2290. The summed E-state index contributed by atoms with van der Waals surface area (Å²) in [5.41, 5.74) is 6.20. The molecule has 1 unspecified atom stereocenters. The zero-order chi connectivity index (χ0) is 50.7. The molecule has 12 heteroatoms. The Morgan fingerprint density at radius 3 is 2.07 bits per heavy atom. The molecule has 12 nitrogen and oxygen atoms in total. The van der Waals surface area contributed by atoms with Crippen molar-refractivity contribution in [1.82, 2.24) is 29.9 Å². The minimum absolute atomic E-state index is 0.0267. The van der Waals surface area contributed by atoms with Gasteiger partial charge in [-0.2, -0.15) is 0 Å². The van der Waals surface area contributed by atoms with Gasteiger partial charge in [0.25, 0.3) is 17.7 Å². The van der Waals surface area contributed by atoms with Gasteiger partial charge < -0.3 is 39.5 Å². The Morgan fingerprint density at radius 1 is 0.884 bits per heavy atom. The molecule has 3 amide bonds. The Morgan fingerprint density at radius 2 is 1.49 bits per heavy atom. The number of likely N-dealkylation sites (tertiary alicyclic amines) is 2. The summed E-state index contributed by atoms with van der Waals surface area (Å²) in [6.45, 7) is 24.2. The second kappa shape index (κ2) is 26.8. The monoisotopic (exact) mass is 945 g/mol. The third kappa shape index (κ3) is 14.4. The fourth-order valence-electron chi connectivity index (χ4n) is 9.05. The van der Waals surface area contributed by atoms with Crippen LogP contribution in [0.2, 0.25) is 0 Å². The van der Waals surface area contributed by atoms with Crippen molar-refractivity contribution in [1.29, 1.82) is 0 Å². The van der Waals surface area contributed by atoms with Gasteiger partial charge in [-0.25, -0.2) is 0 Å². The number of fused-ring (bicyclic) bond motifs is 1. The van der Waals surface area contributed by atoms with Gasteiger partial charge >= 0.3 is 0 Å². The maximum atomic E-state index is 12.8. The Balaban J connectivity index is 0.000000291. The number of likely N-dealkylation sites (N-methyl/N-ethyl adjacent to an activating group) is 1. The van der Waals surface area contributed by atoms with Crippen molar-refractivity contribution in [3.8, 4) is 0 Å². The van der Waals surface area contributed by atoms with E-state index in [1.54, 1.807) is 49.5 Å². The summed E-state index contributed by atoms with van der Waals surface area (Å²) in [5, 5.41) is 13.5. The van der Waals surface area contributed by atoms with E-state index in [2.05, 4.69) is 52.9 Å². The van der Waals surface area contributed by atoms with Crippen molar-refractivity contribution in [2.45, 2.75) is 98.2 Å². The van der Waals surface area contributed by atoms with E-state index in [4.69, 9.17) is 9.47 Å². The van der Waals surface area contributed by atoms with Crippen LogP contribution in [0.25, 0.3) is 11.1 Å². The van der Waals surface area contributed by atoms with Gasteiger partial charge in [-0.15, -0.1) is 0 Å². The summed E-state index contributed by atoms with van der Waals surface area (Å²) in [5.74, 6) is 0.718. The number of amides is 3. The molecule has 0 saturated carbocycles. The number of carbonyl (C=O) groups excluding carboxylic acids is 3. The van der Waals surface area contributed by atoms with Crippen molar-refractivity contribution >= 4 is 28.9 Å². The van der Waals surface area contributed by atoms with E-state index in [0.717, 1.165) is 91.9 Å². The second-order valence-electron chi connectivity index (χ2n) is 17.7. The van der Waals surface area contributed by atoms with Gasteiger partial charge in [0.1, 0.15) is 22.8 Å². The van der Waals surface area contributed by atoms with Gasteiger partial charge in [-0.1, -0.05) is 56.9 Å². The van der Waals surface area contributed by atoms with Crippen molar-refractivity contribution in [3.63, 3.8) is 0 Å². The molecule has 374 valence electrons. The zero-order valence-electron chi connectivity index (χ0n) is 43.5. The van der Waals surface area contributed by atoms with Crippen LogP contribution in [0, 0.1) is 0 Å². The average molecular weight is 945 g/mol. The third-order valence-electron chi connectivity index (χ3n) is 13.3. The highest BCUT2D eigenvalue weighted by molar-refractivity contribution is 5.98. The molecule has 1 spiro atoms. The first kappa shape index (κ1) is 55.8. The first-order valence-electron chi connectivity index (χ1n) is 25.0. The molecule has 0 radical (unpaired) electrons. The molecule has 0 bridgehead atoms. The normalized spacial score (nSPS) is 19.7. The van der Waals surface area contributed by atoms with E-state index >= 15 is 0 Å². The second-order valence-corrected chi connectivity index (χ2v) is 17.7. The van der Waals surface area contributed by atoms with Crippen molar-refractivity contribution in [2.24, 2.45) is 0 Å². The highest BCUT2D eigenvalue weighted by Gasteiger charge is 2.40. The molecule has 1 aliphatic carbocycles. The van der Waals surface area contributed by atoms with Gasteiger partial charge in [-0.05, 0) is 158 Å². The standard InChI is InChI=1S/C29H41N3O3.C26H33N3O3.C2H6/c1-8-11-25(27(33)30-5)20-22(4)26(21-29(35-7)16-18-31(6)19-17-29)23-12-14-24(15-13-23)28(34)32(9-2)10-3;1-4-29(5-2)25(31)21-12-11-19(18-27-21)20-17-26(13-8-15-28(3)16-14-26)32-23-10-7-6-9-22(30)24(20)23;1-2/h8,11-15,20-21H,1,9-10,16-19H2,2-7H3,(H,30,33);6,9-12,17-18,30H,4-5,7-8,13-16H2,1-3H3;1-2H3/b22-20+,25-11+,26-21+;;. The number of aromatic nitrogens is 1. The number of nitrogens with zero attached hydrogens (tertiary/aromatic N) is 5. The topological polar surface area (TPSA) is 128 Å². The minimum atomic E-state index is -0.407. The fourth-order valence-corrected chi connectivity index (χ4v) is 9.05. The number of methoxy groups -OCH3 is 1. The van der Waals surface area contributed by atoms with Crippen LogP contribution < -0.4 is 5.32 Å². The maximum absolute atomic E-state index is 12.8. The summed E-state index contributed by atoms with van der Waals surface area (Å²) in [6.07, 6.45) is 22.3. The van der Waals surface area contributed by atoms with E-state index < -0.39 is 11.2 Å². The van der Waals surface area contributed by atoms with E-state index in [1.165, 1.54) is 0 Å². The van der Waals surface area contributed by atoms with Gasteiger partial charge in [0, 0.05) is 89.3 Å². The predicted octanol–water partition coefficient (Wildman–Crippen LogP) is 9.98. The lowest BCUT2D eigenvalue weighted by Gasteiger charge is -2.38. The highest BCUT2D eigenvalue weighted by atomic mass is 16.5. The van der Waals surface area contributed by atoms with Gasteiger partial charge in [0.05, 0.1) is 11.2 Å². The molecule has 1 aromatic carbocycles. The number of allylic oxidation sites excluding steroid dienone is 8. The number of aliphatic hydroxyl groups excluding tert-OH is 1. The SMILES string of the molecule is C=C\C=C(/C=C(C)/C(=C\C1(OC)CCN(C)CC1)c1ccc(C(=O)N(CC)CC)cc1)C(=O)NC.CC.CCN(CC)C(=O)c1ccc(C2=CC3(CCCN(C)CC3)OC3=CCC=CC(O)=C32)cn1. The largest absolute Gasteiger partial charge is 0.507 e. The molecule has 69 heavy (non-hydrogen) atoms. The molecule has 1 atom stereocenters. The number of aliphatic hydroxyl groups is 1. The Kier molecular flexibility index (Phi) is 21.7. The van der Waals surface area contributed by atoms with Crippen LogP contribution in [0.5, 0.6) is 0 Å². The summed E-state index contributed by atoms with van der Waals surface area (Å²) in [4.78, 5) is 50.6. The first-order chi connectivity index (χ1) is 33.2. The number of hydrogen-bond donors (Lipinski definition) is 2. The molecule has 4 aliphatic rings. The number of rotatable bonds is 14. The number of piperidine rings is 1. The minimum Gasteiger partial charge on any atom is -0.507 e. The van der Waals surface area contributed by atoms with Crippen LogP contribution in [0.3, 0.4) is 0 Å². The number of ether oxygens (including phenoxy) is 2. The quantitative estimate of drug-likeness (QED) is 0.141. The zero-order valence-corrected chi connectivity index (χ0v) is 43.5. The maximum Gasteiger partial charge on any atom is 0.272 e. The summed E-state index contributed by atoms with van der Waals surface area (Å²) in [6, 6.07) is 11.4. The lowest BCUT2D eigenvalue weighted by molar-refractivity contribution is -0.116. The van der Waals surface area contributed by atoms with Gasteiger partial charge in [0.2, 0.25) is 0 Å². The summed E-state index contributed by atoms with van der Waals surface area (Å²) >= 11 is 0. The molecule has 1 aromatic heterocycles. The lowest BCUT2D eigenvalue weighted by Crippen LogP contribution is -2.43. The van der Waals surface area contributed by atoms with Crippen molar-refractivity contribution in [3.05, 3.63) is 148 Å². The first-order valence-corrected chi connectivity index (χ1v) is 25.0. The molecular formula is C57H80N6O6. The van der Waals surface area contributed by atoms with Gasteiger partial charge in [-0.3, -0.25) is 19.4 Å². The summed E-state index contributed by atoms with van der Waals surface area (Å²) in [7, 11) is 7.64. The number of nitrogens with one attached hydrogen (secondary N) is 1. The number of hydrogen-bond acceptors (Lipinski definition) is 9. The molecule has 2 fully saturated rings. The summed E-state index contributed by atoms with van der Waals surface area (Å²) < 4.78 is 12.7. The van der Waals surface area contributed by atoms with Crippen LogP contribution in [-0.4, -0.2) is 139 Å². The Labute approximate surface area is 413 Å². The van der Waals surface area contributed by atoms with Crippen LogP contribution in [0.4, 0.5) is 0 Å². The van der Waals surface area contributed by atoms with Crippen molar-refractivity contribution in [2.75, 3.05) is 80.6 Å². The van der Waals surface area contributed by atoms with Crippen LogP contribution in [-0.2, 0) is 14.3 Å². The van der Waals surface area contributed by atoms with Gasteiger partial charge in [0.15, 0.2) is 0 Å². The van der Waals surface area contributed by atoms with Crippen molar-refractivity contribution < 1.29 is 29.0 Å². The molecule has 2 saturated heterocycles. The van der Waals surface area contributed by atoms with Crippen LogP contribution >= 0.6 is 0 Å². The van der Waals surface area contributed by atoms with E-state index in [-0.39, 0.29) is 23.5 Å². The fraction of sp³-hybridized carbons (Fsp3) is 0.474. The van der Waals surface area contributed by atoms with Crippen LogP contribution in [0.1, 0.15) is 119 Å². The molecule has 2 N–H and O–H groups in total. The highest BCUT2D eigenvalue weighted by Crippen LogP contribution is 2.45. The molecular weight excluding hydrogens is 865 g/mol. The van der Waals surface area contributed by atoms with E-state index in [1.807, 2.05) is 102 Å². The molecule has 3 aliphatic heterocycles. The number of carbonyl (C=O) groups is 3.